The van der Waals surface area contributed by atoms with Crippen molar-refractivity contribution < 1.29 is 4.79 Å². The number of hydrogen-bond donors (Lipinski definition) is 0. The van der Waals surface area contributed by atoms with Gasteiger partial charge in [-0.05, 0) is 12.5 Å². The molecule has 1 aliphatic rings. The summed E-state index contributed by atoms with van der Waals surface area (Å²) in [7, 11) is 1.88. The van der Waals surface area contributed by atoms with E-state index in [9.17, 15) is 4.79 Å². The Labute approximate surface area is 174 Å². The van der Waals surface area contributed by atoms with Gasteiger partial charge in [0, 0.05) is 56.9 Å². The Hall–Kier alpha value is -3.42. The number of aromatic nitrogens is 5. The van der Waals surface area contributed by atoms with E-state index in [1.807, 2.05) is 42.5 Å². The van der Waals surface area contributed by atoms with E-state index in [4.69, 9.17) is 0 Å². The molecule has 0 saturated carbocycles. The summed E-state index contributed by atoms with van der Waals surface area (Å²) in [4.78, 5) is 26.3. The number of piperazine rings is 1. The SMILES string of the molecule is CCCn1cc(C(=O)N2CCN(c3ncnc4c3cnn4C)CC2)c2ccccc21. The molecule has 0 aliphatic carbocycles. The van der Waals surface area contributed by atoms with E-state index < -0.39 is 0 Å². The number of anilines is 1. The molecule has 0 spiro atoms. The Morgan fingerprint density at radius 2 is 1.87 bits per heavy atom. The van der Waals surface area contributed by atoms with Crippen molar-refractivity contribution in [3.05, 3.63) is 48.5 Å². The number of nitrogens with zero attached hydrogens (tertiary/aromatic N) is 7. The highest BCUT2D eigenvalue weighted by Gasteiger charge is 2.26. The first-order valence-electron chi connectivity index (χ1n) is 10.4. The predicted octanol–water partition coefficient (Wildman–Crippen LogP) is 2.69. The number of aryl methyl sites for hydroxylation is 2. The fourth-order valence-electron chi connectivity index (χ4n) is 4.34. The minimum Gasteiger partial charge on any atom is -0.352 e. The number of benzene rings is 1. The molecule has 154 valence electrons. The minimum atomic E-state index is 0.106. The number of carbonyl (C=O) groups is 1. The van der Waals surface area contributed by atoms with E-state index in [-0.39, 0.29) is 5.91 Å². The lowest BCUT2D eigenvalue weighted by molar-refractivity contribution is 0.0748. The zero-order valence-electron chi connectivity index (χ0n) is 17.3. The molecule has 1 amide bonds. The smallest absolute Gasteiger partial charge is 0.256 e. The number of hydrogen-bond acceptors (Lipinski definition) is 5. The third-order valence-corrected chi connectivity index (χ3v) is 5.86. The average molecular weight is 403 g/mol. The van der Waals surface area contributed by atoms with E-state index in [1.165, 1.54) is 0 Å². The summed E-state index contributed by atoms with van der Waals surface area (Å²) in [6, 6.07) is 8.17. The normalized spacial score (nSPS) is 14.7. The third kappa shape index (κ3) is 2.99. The number of fused-ring (bicyclic) bond motifs is 2. The number of rotatable bonds is 4. The molecule has 1 aromatic carbocycles. The Morgan fingerprint density at radius 1 is 1.07 bits per heavy atom. The van der Waals surface area contributed by atoms with Crippen molar-refractivity contribution in [2.45, 2.75) is 19.9 Å². The molecular formula is C22H25N7O. The first-order valence-corrected chi connectivity index (χ1v) is 10.4. The topological polar surface area (TPSA) is 72.1 Å². The second-order valence-corrected chi connectivity index (χ2v) is 7.74. The monoisotopic (exact) mass is 403 g/mol. The standard InChI is InChI=1S/C22H25N7O/c1-3-8-29-14-18(16-6-4-5-7-19(16)29)22(30)28-11-9-27(10-12-28)21-17-13-25-26(2)20(17)23-15-24-21/h4-7,13-15H,3,8-12H2,1-2H3. The Kier molecular flexibility index (Phi) is 4.61. The maximum atomic E-state index is 13.3. The molecule has 8 nitrogen and oxygen atoms in total. The van der Waals surface area contributed by atoms with Crippen LogP contribution in [0.2, 0.25) is 0 Å². The highest BCUT2D eigenvalue weighted by Crippen LogP contribution is 2.26. The molecule has 3 aromatic heterocycles. The molecular weight excluding hydrogens is 378 g/mol. The zero-order chi connectivity index (χ0) is 20.7. The lowest BCUT2D eigenvalue weighted by Crippen LogP contribution is -2.49. The van der Waals surface area contributed by atoms with Crippen molar-refractivity contribution in [1.82, 2.24) is 29.2 Å². The molecule has 1 aliphatic heterocycles. The molecule has 0 N–H and O–H groups in total. The van der Waals surface area contributed by atoms with E-state index in [1.54, 1.807) is 11.0 Å². The second-order valence-electron chi connectivity index (χ2n) is 7.74. The largest absolute Gasteiger partial charge is 0.352 e. The van der Waals surface area contributed by atoms with Crippen LogP contribution in [-0.2, 0) is 13.6 Å². The van der Waals surface area contributed by atoms with Gasteiger partial charge in [-0.2, -0.15) is 5.10 Å². The Balaban J connectivity index is 1.37. The summed E-state index contributed by atoms with van der Waals surface area (Å²) in [5, 5.41) is 6.28. The molecule has 4 heterocycles. The van der Waals surface area contributed by atoms with Crippen LogP contribution in [0.3, 0.4) is 0 Å². The maximum absolute atomic E-state index is 13.3. The van der Waals surface area contributed by atoms with Gasteiger partial charge in [-0.15, -0.1) is 0 Å². The van der Waals surface area contributed by atoms with Crippen LogP contribution in [0.1, 0.15) is 23.7 Å². The van der Waals surface area contributed by atoms with Crippen LogP contribution in [0.5, 0.6) is 0 Å². The van der Waals surface area contributed by atoms with Crippen molar-refractivity contribution in [3.63, 3.8) is 0 Å². The van der Waals surface area contributed by atoms with Crippen LogP contribution in [-0.4, -0.2) is 61.3 Å². The van der Waals surface area contributed by atoms with Crippen molar-refractivity contribution in [2.24, 2.45) is 7.05 Å². The fraction of sp³-hybridized carbons (Fsp3) is 0.364. The van der Waals surface area contributed by atoms with Crippen LogP contribution < -0.4 is 4.90 Å². The van der Waals surface area contributed by atoms with Gasteiger partial charge in [-0.25, -0.2) is 9.97 Å². The first kappa shape index (κ1) is 18.6. The van der Waals surface area contributed by atoms with E-state index in [2.05, 4.69) is 37.5 Å². The van der Waals surface area contributed by atoms with Gasteiger partial charge in [0.25, 0.3) is 5.91 Å². The van der Waals surface area contributed by atoms with Crippen molar-refractivity contribution in [2.75, 3.05) is 31.1 Å². The lowest BCUT2D eigenvalue weighted by atomic mass is 10.1. The van der Waals surface area contributed by atoms with Crippen molar-refractivity contribution in [3.8, 4) is 0 Å². The van der Waals surface area contributed by atoms with Crippen LogP contribution in [0.4, 0.5) is 5.82 Å². The molecule has 0 atom stereocenters. The third-order valence-electron chi connectivity index (χ3n) is 5.86. The highest BCUT2D eigenvalue weighted by molar-refractivity contribution is 6.07. The van der Waals surface area contributed by atoms with Gasteiger partial charge >= 0.3 is 0 Å². The maximum Gasteiger partial charge on any atom is 0.256 e. The molecule has 1 saturated heterocycles. The summed E-state index contributed by atoms with van der Waals surface area (Å²) >= 11 is 0. The van der Waals surface area contributed by atoms with E-state index in [0.29, 0.717) is 13.1 Å². The molecule has 4 aromatic rings. The summed E-state index contributed by atoms with van der Waals surface area (Å²) in [6.45, 7) is 5.87. The number of para-hydroxylation sites is 1. The van der Waals surface area contributed by atoms with E-state index >= 15 is 0 Å². The average Bonchev–Trinajstić information content (AvgIpc) is 3.35. The molecule has 30 heavy (non-hydrogen) atoms. The van der Waals surface area contributed by atoms with E-state index in [0.717, 1.165) is 59.4 Å². The quantitative estimate of drug-likeness (QED) is 0.524. The van der Waals surface area contributed by atoms with Gasteiger partial charge in [-0.1, -0.05) is 25.1 Å². The van der Waals surface area contributed by atoms with Crippen LogP contribution >= 0.6 is 0 Å². The number of carbonyl (C=O) groups excluding carboxylic acids is 1. The van der Waals surface area contributed by atoms with Gasteiger partial charge in [0.2, 0.25) is 0 Å². The molecule has 0 radical (unpaired) electrons. The van der Waals surface area contributed by atoms with Crippen molar-refractivity contribution >= 4 is 33.7 Å². The molecule has 0 bridgehead atoms. The Morgan fingerprint density at radius 3 is 2.67 bits per heavy atom. The summed E-state index contributed by atoms with van der Waals surface area (Å²) < 4.78 is 3.95. The lowest BCUT2D eigenvalue weighted by Gasteiger charge is -2.35. The van der Waals surface area contributed by atoms with Crippen LogP contribution in [0, 0.1) is 0 Å². The molecule has 1 fully saturated rings. The zero-order valence-corrected chi connectivity index (χ0v) is 17.3. The fourth-order valence-corrected chi connectivity index (χ4v) is 4.34. The molecule has 5 rings (SSSR count). The van der Waals surface area contributed by atoms with Gasteiger partial charge in [0.1, 0.15) is 12.1 Å². The van der Waals surface area contributed by atoms with Gasteiger partial charge in [0.15, 0.2) is 5.65 Å². The molecule has 0 unspecified atom stereocenters. The first-order chi connectivity index (χ1) is 14.7. The van der Waals surface area contributed by atoms with Gasteiger partial charge in [0.05, 0.1) is 17.1 Å². The predicted molar refractivity (Wildman–Crippen MR) is 117 cm³/mol. The summed E-state index contributed by atoms with van der Waals surface area (Å²) in [6.07, 6.45) is 6.45. The summed E-state index contributed by atoms with van der Waals surface area (Å²) in [5.41, 5.74) is 2.74. The molecule has 8 heteroatoms. The van der Waals surface area contributed by atoms with Gasteiger partial charge in [-0.3, -0.25) is 9.48 Å². The van der Waals surface area contributed by atoms with Crippen molar-refractivity contribution in [1.29, 1.82) is 0 Å². The summed E-state index contributed by atoms with van der Waals surface area (Å²) in [5.74, 6) is 0.995. The highest BCUT2D eigenvalue weighted by atomic mass is 16.2. The second kappa shape index (κ2) is 7.44. The Bertz CT molecular complexity index is 1220. The minimum absolute atomic E-state index is 0.106. The van der Waals surface area contributed by atoms with Crippen LogP contribution in [0.25, 0.3) is 21.9 Å². The van der Waals surface area contributed by atoms with Gasteiger partial charge < -0.3 is 14.4 Å². The number of amides is 1. The van der Waals surface area contributed by atoms with Crippen LogP contribution in [0.15, 0.2) is 43.0 Å².